The molecule has 2 rings (SSSR count). The molecule has 0 aliphatic carbocycles. The number of nitrogens with zero attached hydrogens (tertiary/aromatic N) is 2. The number of likely N-dealkylation sites (N-methyl/N-ethyl adjacent to an activating group) is 1. The van der Waals surface area contributed by atoms with Crippen LogP contribution in [0.2, 0.25) is 0 Å². The summed E-state index contributed by atoms with van der Waals surface area (Å²) in [6.07, 6.45) is 2.46. The monoisotopic (exact) mass is 340 g/mol. The molecule has 0 spiro atoms. The molecule has 20 heavy (non-hydrogen) atoms. The minimum absolute atomic E-state index is 0.656. The van der Waals surface area contributed by atoms with E-state index in [1.165, 1.54) is 38.0 Å². The van der Waals surface area contributed by atoms with Gasteiger partial charge in [0, 0.05) is 25.7 Å². The van der Waals surface area contributed by atoms with Crippen LogP contribution < -0.4 is 4.74 Å². The van der Waals surface area contributed by atoms with Crippen LogP contribution in [0.1, 0.15) is 25.3 Å². The van der Waals surface area contributed by atoms with E-state index in [1.54, 1.807) is 7.11 Å². The van der Waals surface area contributed by atoms with Crippen LogP contribution in [-0.4, -0.2) is 49.6 Å². The summed E-state index contributed by atoms with van der Waals surface area (Å²) in [6, 6.07) is 7.05. The minimum Gasteiger partial charge on any atom is -0.496 e. The minimum atomic E-state index is 0.656. The van der Waals surface area contributed by atoms with Gasteiger partial charge in [0.25, 0.3) is 0 Å². The summed E-state index contributed by atoms with van der Waals surface area (Å²) in [5.74, 6) is 0.899. The van der Waals surface area contributed by atoms with Gasteiger partial charge in [-0.1, -0.05) is 13.0 Å². The Kier molecular flexibility index (Phi) is 5.87. The maximum atomic E-state index is 5.30. The molecule has 0 N–H and O–H groups in total. The average Bonchev–Trinajstić information content (AvgIpc) is 2.61. The highest BCUT2D eigenvalue weighted by Gasteiger charge is 2.22. The summed E-state index contributed by atoms with van der Waals surface area (Å²) in [6.45, 7) is 6.88. The lowest BCUT2D eigenvalue weighted by atomic mass is 10.1. The van der Waals surface area contributed by atoms with Gasteiger partial charge in [-0.05, 0) is 60.1 Å². The fourth-order valence-electron chi connectivity index (χ4n) is 2.93. The molecule has 1 aliphatic heterocycles. The fourth-order valence-corrected chi connectivity index (χ4v) is 3.52. The Labute approximate surface area is 131 Å². The number of ether oxygens (including phenoxy) is 1. The molecule has 3 nitrogen and oxygen atoms in total. The van der Waals surface area contributed by atoms with E-state index < -0.39 is 0 Å². The maximum absolute atomic E-state index is 5.30. The third kappa shape index (κ3) is 3.96. The zero-order chi connectivity index (χ0) is 14.5. The van der Waals surface area contributed by atoms with Crippen LogP contribution in [0.25, 0.3) is 0 Å². The van der Waals surface area contributed by atoms with Gasteiger partial charge in [0.1, 0.15) is 5.75 Å². The van der Waals surface area contributed by atoms with Crippen LogP contribution in [0.4, 0.5) is 0 Å². The molecule has 112 valence electrons. The molecule has 1 aromatic rings. The SMILES string of the molecule is CCC1CN(C)CCCN1Cc1ccc(OC)c(Br)c1. The molecule has 0 bridgehead atoms. The van der Waals surface area contributed by atoms with Crippen molar-refractivity contribution in [1.29, 1.82) is 0 Å². The molecular weight excluding hydrogens is 316 g/mol. The highest BCUT2D eigenvalue weighted by atomic mass is 79.9. The molecule has 1 aromatic carbocycles. The van der Waals surface area contributed by atoms with E-state index in [9.17, 15) is 0 Å². The Bertz CT molecular complexity index is 438. The van der Waals surface area contributed by atoms with Gasteiger partial charge in [-0.15, -0.1) is 0 Å². The van der Waals surface area contributed by atoms with Gasteiger partial charge >= 0.3 is 0 Å². The smallest absolute Gasteiger partial charge is 0.133 e. The molecule has 0 amide bonds. The third-order valence-corrected chi connectivity index (χ3v) is 4.72. The molecule has 1 atom stereocenters. The largest absolute Gasteiger partial charge is 0.496 e. The standard InChI is InChI=1S/C16H25BrN2O/c1-4-14-12-18(2)8-5-9-19(14)11-13-6-7-16(20-3)15(17)10-13/h6-7,10,14H,4-5,8-9,11-12H2,1-3H3. The van der Waals surface area contributed by atoms with Crippen molar-refractivity contribution in [2.45, 2.75) is 32.4 Å². The predicted octanol–water partition coefficient (Wildman–Crippen LogP) is 3.37. The fraction of sp³-hybridized carbons (Fsp3) is 0.625. The van der Waals surface area contributed by atoms with Gasteiger partial charge in [-0.2, -0.15) is 0 Å². The zero-order valence-electron chi connectivity index (χ0n) is 12.7. The number of hydrogen-bond acceptors (Lipinski definition) is 3. The van der Waals surface area contributed by atoms with Crippen LogP contribution in [0, 0.1) is 0 Å². The second-order valence-electron chi connectivity index (χ2n) is 5.62. The van der Waals surface area contributed by atoms with Gasteiger partial charge in [0.15, 0.2) is 0 Å². The Balaban J connectivity index is 2.08. The third-order valence-electron chi connectivity index (χ3n) is 4.10. The molecule has 4 heteroatoms. The van der Waals surface area contributed by atoms with Crippen molar-refractivity contribution in [3.05, 3.63) is 28.2 Å². The summed E-state index contributed by atoms with van der Waals surface area (Å²) in [4.78, 5) is 5.08. The molecule has 1 unspecified atom stereocenters. The lowest BCUT2D eigenvalue weighted by Gasteiger charge is -2.30. The number of benzene rings is 1. The van der Waals surface area contributed by atoms with Crippen molar-refractivity contribution >= 4 is 15.9 Å². The lowest BCUT2D eigenvalue weighted by Crippen LogP contribution is -2.39. The van der Waals surface area contributed by atoms with E-state index in [0.29, 0.717) is 6.04 Å². The van der Waals surface area contributed by atoms with Crippen LogP contribution in [-0.2, 0) is 6.54 Å². The van der Waals surface area contributed by atoms with Crippen LogP contribution >= 0.6 is 15.9 Å². The Morgan fingerprint density at radius 3 is 2.80 bits per heavy atom. The summed E-state index contributed by atoms with van der Waals surface area (Å²) in [5.41, 5.74) is 1.35. The second kappa shape index (κ2) is 7.43. The number of hydrogen-bond donors (Lipinski definition) is 0. The van der Waals surface area contributed by atoms with E-state index >= 15 is 0 Å². The Morgan fingerprint density at radius 1 is 1.35 bits per heavy atom. The molecule has 1 fully saturated rings. The van der Waals surface area contributed by atoms with Gasteiger partial charge in [0.05, 0.1) is 11.6 Å². The maximum Gasteiger partial charge on any atom is 0.133 e. The zero-order valence-corrected chi connectivity index (χ0v) is 14.3. The molecular formula is C16H25BrN2O. The van der Waals surface area contributed by atoms with Gasteiger partial charge < -0.3 is 9.64 Å². The van der Waals surface area contributed by atoms with Crippen LogP contribution in [0.5, 0.6) is 5.75 Å². The molecule has 0 radical (unpaired) electrons. The van der Waals surface area contributed by atoms with Crippen molar-refractivity contribution < 1.29 is 4.74 Å². The van der Waals surface area contributed by atoms with Crippen LogP contribution in [0.3, 0.4) is 0 Å². The summed E-state index contributed by atoms with van der Waals surface area (Å²) < 4.78 is 6.34. The van der Waals surface area contributed by atoms with Crippen molar-refractivity contribution in [3.8, 4) is 5.75 Å². The van der Waals surface area contributed by atoms with Gasteiger partial charge in [-0.3, -0.25) is 4.90 Å². The topological polar surface area (TPSA) is 15.7 Å². The molecule has 1 saturated heterocycles. The first-order valence-corrected chi connectivity index (χ1v) is 8.18. The van der Waals surface area contributed by atoms with E-state index in [4.69, 9.17) is 4.74 Å². The normalized spacial score (nSPS) is 21.7. The summed E-state index contributed by atoms with van der Waals surface area (Å²) in [5, 5.41) is 0. The Hall–Kier alpha value is -0.580. The highest BCUT2D eigenvalue weighted by Crippen LogP contribution is 2.26. The van der Waals surface area contributed by atoms with E-state index in [0.717, 1.165) is 16.8 Å². The van der Waals surface area contributed by atoms with E-state index in [-0.39, 0.29) is 0 Å². The average molecular weight is 341 g/mol. The predicted molar refractivity (Wildman–Crippen MR) is 87.3 cm³/mol. The number of rotatable bonds is 4. The van der Waals surface area contributed by atoms with Crippen molar-refractivity contribution in [3.63, 3.8) is 0 Å². The number of methoxy groups -OCH3 is 1. The first kappa shape index (κ1) is 15.8. The highest BCUT2D eigenvalue weighted by molar-refractivity contribution is 9.10. The van der Waals surface area contributed by atoms with E-state index in [2.05, 4.69) is 51.8 Å². The van der Waals surface area contributed by atoms with Crippen molar-refractivity contribution in [2.24, 2.45) is 0 Å². The number of halogens is 1. The summed E-state index contributed by atoms with van der Waals surface area (Å²) in [7, 11) is 3.94. The van der Waals surface area contributed by atoms with E-state index in [1.807, 2.05) is 6.07 Å². The molecule has 1 heterocycles. The summed E-state index contributed by atoms with van der Waals surface area (Å²) >= 11 is 3.58. The quantitative estimate of drug-likeness (QED) is 0.835. The second-order valence-corrected chi connectivity index (χ2v) is 6.47. The molecule has 0 aromatic heterocycles. The molecule has 1 aliphatic rings. The van der Waals surface area contributed by atoms with Gasteiger partial charge in [0.2, 0.25) is 0 Å². The van der Waals surface area contributed by atoms with Crippen molar-refractivity contribution in [2.75, 3.05) is 33.8 Å². The lowest BCUT2D eigenvalue weighted by molar-refractivity contribution is 0.176. The first-order chi connectivity index (χ1) is 9.63. The molecule has 0 saturated carbocycles. The van der Waals surface area contributed by atoms with Gasteiger partial charge in [-0.25, -0.2) is 0 Å². The van der Waals surface area contributed by atoms with Crippen LogP contribution in [0.15, 0.2) is 22.7 Å². The van der Waals surface area contributed by atoms with Crippen molar-refractivity contribution in [1.82, 2.24) is 9.80 Å². The first-order valence-electron chi connectivity index (χ1n) is 7.39. The Morgan fingerprint density at radius 2 is 2.15 bits per heavy atom.